The molecule has 1 nitrogen and oxygen atoms in total. The molecule has 20 heavy (non-hydrogen) atoms. The lowest BCUT2D eigenvalue weighted by Crippen LogP contribution is -2.20. The van der Waals surface area contributed by atoms with Crippen molar-refractivity contribution in [1.82, 2.24) is 5.32 Å². The minimum absolute atomic E-state index is 0.306. The van der Waals surface area contributed by atoms with Gasteiger partial charge in [-0.15, -0.1) is 0 Å². The first-order valence-corrected chi connectivity index (χ1v) is 7.67. The molecule has 0 bridgehead atoms. The standard InChI is InChI=1S/C18H22ClN/c1-15(17-12-5-6-13-18(17)19)20-14-8-7-11-16-9-3-2-4-10-16/h2-6,9-10,12-13,15,20H,7-8,11,14H2,1H3/t15-/m1/s1. The molecule has 2 heteroatoms. The van der Waals surface area contributed by atoms with Crippen LogP contribution in [-0.2, 0) is 6.42 Å². The molecule has 0 saturated carbocycles. The molecule has 2 rings (SSSR count). The highest BCUT2D eigenvalue weighted by molar-refractivity contribution is 6.31. The Kier molecular flexibility index (Phi) is 6.10. The zero-order valence-corrected chi connectivity index (χ0v) is 12.7. The highest BCUT2D eigenvalue weighted by Crippen LogP contribution is 2.21. The Labute approximate surface area is 127 Å². The second kappa shape index (κ2) is 8.08. The van der Waals surface area contributed by atoms with Crippen molar-refractivity contribution in [3.05, 3.63) is 70.7 Å². The Hall–Kier alpha value is -1.31. The highest BCUT2D eigenvalue weighted by atomic mass is 35.5. The predicted octanol–water partition coefficient (Wildman–Crippen LogP) is 5.01. The van der Waals surface area contributed by atoms with E-state index in [1.54, 1.807) is 0 Å². The molecule has 106 valence electrons. The summed E-state index contributed by atoms with van der Waals surface area (Å²) in [6.07, 6.45) is 3.55. The summed E-state index contributed by atoms with van der Waals surface area (Å²) in [7, 11) is 0. The van der Waals surface area contributed by atoms with Crippen LogP contribution in [0.3, 0.4) is 0 Å². The summed E-state index contributed by atoms with van der Waals surface area (Å²) in [6, 6.07) is 19.0. The number of rotatable bonds is 7. The molecule has 0 aromatic heterocycles. The Balaban J connectivity index is 1.67. The van der Waals surface area contributed by atoms with Crippen LogP contribution >= 0.6 is 11.6 Å². The van der Waals surface area contributed by atoms with Crippen LogP contribution in [0.2, 0.25) is 5.02 Å². The van der Waals surface area contributed by atoms with Gasteiger partial charge < -0.3 is 5.32 Å². The van der Waals surface area contributed by atoms with Gasteiger partial charge in [-0.05, 0) is 49.9 Å². The third kappa shape index (κ3) is 4.66. The molecule has 2 aromatic carbocycles. The van der Waals surface area contributed by atoms with E-state index in [2.05, 4.69) is 48.6 Å². The van der Waals surface area contributed by atoms with Gasteiger partial charge >= 0.3 is 0 Å². The molecule has 0 aliphatic heterocycles. The Morgan fingerprint density at radius 1 is 0.950 bits per heavy atom. The van der Waals surface area contributed by atoms with Crippen molar-refractivity contribution >= 4 is 11.6 Å². The van der Waals surface area contributed by atoms with Crippen molar-refractivity contribution in [2.24, 2.45) is 0 Å². The van der Waals surface area contributed by atoms with Crippen molar-refractivity contribution < 1.29 is 0 Å². The van der Waals surface area contributed by atoms with Gasteiger partial charge in [0.15, 0.2) is 0 Å². The van der Waals surface area contributed by atoms with Crippen LogP contribution in [0.5, 0.6) is 0 Å². The molecule has 0 aliphatic rings. The molecule has 0 amide bonds. The summed E-state index contributed by atoms with van der Waals surface area (Å²) < 4.78 is 0. The second-order valence-corrected chi connectivity index (χ2v) is 5.55. The van der Waals surface area contributed by atoms with Gasteiger partial charge in [-0.3, -0.25) is 0 Å². The number of halogens is 1. The molecule has 0 unspecified atom stereocenters. The molecule has 0 saturated heterocycles. The van der Waals surface area contributed by atoms with Crippen molar-refractivity contribution in [3.63, 3.8) is 0 Å². The maximum absolute atomic E-state index is 6.20. The fourth-order valence-electron chi connectivity index (χ4n) is 2.35. The van der Waals surface area contributed by atoms with Gasteiger partial charge in [-0.2, -0.15) is 0 Å². The topological polar surface area (TPSA) is 12.0 Å². The minimum atomic E-state index is 0.306. The van der Waals surface area contributed by atoms with Crippen LogP contribution in [0.1, 0.15) is 36.9 Å². The highest BCUT2D eigenvalue weighted by Gasteiger charge is 2.07. The van der Waals surface area contributed by atoms with Crippen molar-refractivity contribution in [2.75, 3.05) is 6.54 Å². The van der Waals surface area contributed by atoms with Crippen LogP contribution in [0.4, 0.5) is 0 Å². The number of hydrogen-bond acceptors (Lipinski definition) is 1. The molecule has 2 aromatic rings. The third-order valence-electron chi connectivity index (χ3n) is 3.56. The Morgan fingerprint density at radius 3 is 2.40 bits per heavy atom. The first-order valence-electron chi connectivity index (χ1n) is 7.29. The predicted molar refractivity (Wildman–Crippen MR) is 87.2 cm³/mol. The SMILES string of the molecule is C[C@@H](NCCCCc1ccccc1)c1ccccc1Cl. The molecule has 0 fully saturated rings. The molecule has 0 spiro atoms. The maximum atomic E-state index is 6.20. The summed E-state index contributed by atoms with van der Waals surface area (Å²) >= 11 is 6.20. The zero-order chi connectivity index (χ0) is 14.2. The van der Waals surface area contributed by atoms with Crippen molar-refractivity contribution in [3.8, 4) is 0 Å². The van der Waals surface area contributed by atoms with E-state index in [4.69, 9.17) is 11.6 Å². The summed E-state index contributed by atoms with van der Waals surface area (Å²) in [6.45, 7) is 3.19. The number of nitrogens with one attached hydrogen (secondary N) is 1. The van der Waals surface area contributed by atoms with Gasteiger partial charge in [-0.25, -0.2) is 0 Å². The lowest BCUT2D eigenvalue weighted by Gasteiger charge is -2.15. The maximum Gasteiger partial charge on any atom is 0.0453 e. The molecular formula is C18H22ClN. The van der Waals surface area contributed by atoms with Gasteiger partial charge in [0.25, 0.3) is 0 Å². The fraction of sp³-hybridized carbons (Fsp3) is 0.333. The molecule has 0 heterocycles. The molecule has 1 atom stereocenters. The van der Waals surface area contributed by atoms with E-state index in [0.29, 0.717) is 6.04 Å². The molecule has 0 radical (unpaired) electrons. The summed E-state index contributed by atoms with van der Waals surface area (Å²) in [4.78, 5) is 0. The monoisotopic (exact) mass is 287 g/mol. The van der Waals surface area contributed by atoms with E-state index >= 15 is 0 Å². The summed E-state index contributed by atoms with van der Waals surface area (Å²) in [5.74, 6) is 0. The van der Waals surface area contributed by atoms with Gasteiger partial charge in [0.2, 0.25) is 0 Å². The van der Waals surface area contributed by atoms with E-state index in [0.717, 1.165) is 18.0 Å². The van der Waals surface area contributed by atoms with E-state index in [-0.39, 0.29) is 0 Å². The van der Waals surface area contributed by atoms with Gasteiger partial charge in [-0.1, -0.05) is 60.1 Å². The summed E-state index contributed by atoms with van der Waals surface area (Å²) in [5.41, 5.74) is 2.60. The van der Waals surface area contributed by atoms with E-state index in [9.17, 15) is 0 Å². The van der Waals surface area contributed by atoms with Crippen LogP contribution in [-0.4, -0.2) is 6.54 Å². The van der Waals surface area contributed by atoms with Crippen LogP contribution < -0.4 is 5.32 Å². The fourth-order valence-corrected chi connectivity index (χ4v) is 2.65. The summed E-state index contributed by atoms with van der Waals surface area (Å²) in [5, 5.41) is 4.39. The first-order chi connectivity index (χ1) is 9.77. The third-order valence-corrected chi connectivity index (χ3v) is 3.90. The first kappa shape index (κ1) is 15.1. The average Bonchev–Trinajstić information content (AvgIpc) is 2.48. The van der Waals surface area contributed by atoms with E-state index in [1.807, 2.05) is 18.2 Å². The largest absolute Gasteiger partial charge is 0.310 e. The lowest BCUT2D eigenvalue weighted by atomic mass is 10.1. The lowest BCUT2D eigenvalue weighted by molar-refractivity contribution is 0.546. The molecule has 0 aliphatic carbocycles. The number of unbranched alkanes of at least 4 members (excludes halogenated alkanes) is 1. The number of benzene rings is 2. The van der Waals surface area contributed by atoms with E-state index in [1.165, 1.54) is 24.0 Å². The van der Waals surface area contributed by atoms with Gasteiger partial charge in [0.05, 0.1) is 0 Å². The van der Waals surface area contributed by atoms with Crippen LogP contribution in [0.25, 0.3) is 0 Å². The minimum Gasteiger partial charge on any atom is -0.310 e. The van der Waals surface area contributed by atoms with E-state index < -0.39 is 0 Å². The second-order valence-electron chi connectivity index (χ2n) is 5.14. The average molecular weight is 288 g/mol. The molecule has 1 N–H and O–H groups in total. The quantitative estimate of drug-likeness (QED) is 0.706. The Morgan fingerprint density at radius 2 is 1.65 bits per heavy atom. The smallest absolute Gasteiger partial charge is 0.0453 e. The zero-order valence-electron chi connectivity index (χ0n) is 12.0. The van der Waals surface area contributed by atoms with Crippen molar-refractivity contribution in [1.29, 1.82) is 0 Å². The molecular weight excluding hydrogens is 266 g/mol. The van der Waals surface area contributed by atoms with Crippen molar-refractivity contribution in [2.45, 2.75) is 32.2 Å². The Bertz CT molecular complexity index is 510. The van der Waals surface area contributed by atoms with Gasteiger partial charge in [0.1, 0.15) is 0 Å². The van der Waals surface area contributed by atoms with Crippen LogP contribution in [0.15, 0.2) is 54.6 Å². The number of aryl methyl sites for hydroxylation is 1. The number of hydrogen-bond donors (Lipinski definition) is 1. The van der Waals surface area contributed by atoms with Crippen LogP contribution in [0, 0.1) is 0 Å². The van der Waals surface area contributed by atoms with Gasteiger partial charge in [0, 0.05) is 11.1 Å². The normalized spacial score (nSPS) is 12.3.